The number of hydrogen-bond acceptors (Lipinski definition) is 2. The van der Waals surface area contributed by atoms with E-state index in [-0.39, 0.29) is 18.6 Å². The Labute approximate surface area is 106 Å². The van der Waals surface area contributed by atoms with Gasteiger partial charge in [0.15, 0.2) is 0 Å². The Bertz CT molecular complexity index is 415. The molecule has 1 heterocycles. The number of rotatable bonds is 4. The molecule has 4 heteroatoms. The Balaban J connectivity index is 1.73. The van der Waals surface area contributed by atoms with Gasteiger partial charge in [-0.15, -0.1) is 6.58 Å². The van der Waals surface area contributed by atoms with Crippen molar-refractivity contribution in [2.45, 2.75) is 12.8 Å². The molecule has 1 aliphatic heterocycles. The lowest BCUT2D eigenvalue weighted by Gasteiger charge is -2.39. The molecule has 0 unspecified atom stereocenters. The molecule has 0 radical (unpaired) electrons. The van der Waals surface area contributed by atoms with Gasteiger partial charge in [0.1, 0.15) is 12.8 Å². The minimum Gasteiger partial charge on any atom is -0.445 e. The molecule has 96 valence electrons. The maximum absolute atomic E-state index is 13.2. The lowest BCUT2D eigenvalue weighted by atomic mass is 9.95. The lowest BCUT2D eigenvalue weighted by Crippen LogP contribution is -2.53. The lowest BCUT2D eigenvalue weighted by molar-refractivity contribution is 0.0307. The van der Waals surface area contributed by atoms with E-state index in [0.29, 0.717) is 13.1 Å². The van der Waals surface area contributed by atoms with Crippen molar-refractivity contribution in [3.63, 3.8) is 0 Å². The Morgan fingerprint density at radius 2 is 2.17 bits per heavy atom. The van der Waals surface area contributed by atoms with E-state index in [2.05, 4.69) is 6.58 Å². The smallest absolute Gasteiger partial charge is 0.410 e. The molecule has 1 aliphatic rings. The third kappa shape index (κ3) is 2.88. The van der Waals surface area contributed by atoms with Crippen LogP contribution in [0.25, 0.3) is 0 Å². The SMILES string of the molecule is C=C[C@@H](F)C1CN(C(=O)OCc2ccccc2)C1. The van der Waals surface area contributed by atoms with Gasteiger partial charge in [0.05, 0.1) is 0 Å². The first-order chi connectivity index (χ1) is 8.70. The Kier molecular flexibility index (Phi) is 3.97. The van der Waals surface area contributed by atoms with Crippen LogP contribution >= 0.6 is 0 Å². The van der Waals surface area contributed by atoms with Crippen LogP contribution in [0, 0.1) is 5.92 Å². The summed E-state index contributed by atoms with van der Waals surface area (Å²) in [4.78, 5) is 13.1. The maximum Gasteiger partial charge on any atom is 0.410 e. The summed E-state index contributed by atoms with van der Waals surface area (Å²) in [5.41, 5.74) is 0.942. The summed E-state index contributed by atoms with van der Waals surface area (Å²) in [5, 5.41) is 0. The predicted molar refractivity (Wildman–Crippen MR) is 66.8 cm³/mol. The summed E-state index contributed by atoms with van der Waals surface area (Å²) < 4.78 is 18.3. The number of carbonyl (C=O) groups is 1. The molecule has 0 saturated carbocycles. The van der Waals surface area contributed by atoms with Crippen molar-refractivity contribution in [3.05, 3.63) is 48.6 Å². The van der Waals surface area contributed by atoms with Crippen LogP contribution in [-0.2, 0) is 11.3 Å². The second-order valence-corrected chi connectivity index (χ2v) is 4.39. The second-order valence-electron chi connectivity index (χ2n) is 4.39. The Morgan fingerprint density at radius 3 is 2.78 bits per heavy atom. The summed E-state index contributed by atoms with van der Waals surface area (Å²) in [7, 11) is 0. The van der Waals surface area contributed by atoms with Crippen LogP contribution < -0.4 is 0 Å². The van der Waals surface area contributed by atoms with Crippen molar-refractivity contribution in [3.8, 4) is 0 Å². The van der Waals surface area contributed by atoms with Gasteiger partial charge in [-0.2, -0.15) is 0 Å². The normalized spacial score (nSPS) is 16.8. The minimum atomic E-state index is -1.04. The monoisotopic (exact) mass is 249 g/mol. The number of halogens is 1. The van der Waals surface area contributed by atoms with Crippen molar-refractivity contribution >= 4 is 6.09 Å². The Morgan fingerprint density at radius 1 is 1.50 bits per heavy atom. The number of ether oxygens (including phenoxy) is 1. The van der Waals surface area contributed by atoms with E-state index >= 15 is 0 Å². The van der Waals surface area contributed by atoms with E-state index in [1.807, 2.05) is 30.3 Å². The van der Waals surface area contributed by atoms with Crippen molar-refractivity contribution in [1.29, 1.82) is 0 Å². The van der Waals surface area contributed by atoms with Crippen molar-refractivity contribution < 1.29 is 13.9 Å². The molecule has 2 rings (SSSR count). The molecule has 18 heavy (non-hydrogen) atoms. The molecule has 0 aliphatic carbocycles. The zero-order chi connectivity index (χ0) is 13.0. The van der Waals surface area contributed by atoms with Gasteiger partial charge in [0, 0.05) is 19.0 Å². The number of hydrogen-bond donors (Lipinski definition) is 0. The number of likely N-dealkylation sites (tertiary alicyclic amines) is 1. The number of allylic oxidation sites excluding steroid dienone is 1. The van der Waals surface area contributed by atoms with Gasteiger partial charge in [-0.1, -0.05) is 36.4 Å². The first-order valence-corrected chi connectivity index (χ1v) is 5.93. The molecule has 0 aromatic heterocycles. The van der Waals surface area contributed by atoms with E-state index in [9.17, 15) is 9.18 Å². The number of benzene rings is 1. The van der Waals surface area contributed by atoms with E-state index in [1.54, 1.807) is 0 Å². The first kappa shape index (κ1) is 12.6. The number of alkyl halides is 1. The highest BCUT2D eigenvalue weighted by Gasteiger charge is 2.35. The molecule has 1 fully saturated rings. The number of amides is 1. The average molecular weight is 249 g/mol. The topological polar surface area (TPSA) is 29.5 Å². The Hall–Kier alpha value is -1.84. The maximum atomic E-state index is 13.2. The van der Waals surface area contributed by atoms with Crippen LogP contribution in [-0.4, -0.2) is 30.3 Å². The molecule has 0 spiro atoms. The minimum absolute atomic E-state index is 0.133. The molecule has 1 aromatic carbocycles. The fourth-order valence-corrected chi connectivity index (χ4v) is 1.87. The van der Waals surface area contributed by atoms with Crippen LogP contribution in [0.4, 0.5) is 9.18 Å². The van der Waals surface area contributed by atoms with E-state index < -0.39 is 6.17 Å². The standard InChI is InChI=1S/C14H16FNO2/c1-2-13(15)12-8-16(9-12)14(17)18-10-11-6-4-3-5-7-11/h2-7,12-13H,1,8-10H2/t13-/m1/s1. The van der Waals surface area contributed by atoms with Gasteiger partial charge >= 0.3 is 6.09 Å². The summed E-state index contributed by atoms with van der Waals surface area (Å²) in [6.45, 7) is 4.46. The molecule has 1 aromatic rings. The zero-order valence-electron chi connectivity index (χ0n) is 10.1. The van der Waals surface area contributed by atoms with E-state index in [4.69, 9.17) is 4.74 Å². The van der Waals surface area contributed by atoms with Crippen LogP contribution in [0.15, 0.2) is 43.0 Å². The number of carbonyl (C=O) groups excluding carboxylic acids is 1. The molecule has 3 nitrogen and oxygen atoms in total. The van der Waals surface area contributed by atoms with Crippen molar-refractivity contribution in [1.82, 2.24) is 4.90 Å². The van der Waals surface area contributed by atoms with Gasteiger partial charge in [0.2, 0.25) is 0 Å². The molecular weight excluding hydrogens is 233 g/mol. The predicted octanol–water partition coefficient (Wildman–Crippen LogP) is 2.78. The molecule has 1 atom stereocenters. The van der Waals surface area contributed by atoms with Crippen LogP contribution in [0.3, 0.4) is 0 Å². The second kappa shape index (κ2) is 5.67. The first-order valence-electron chi connectivity index (χ1n) is 5.93. The van der Waals surface area contributed by atoms with Crippen molar-refractivity contribution in [2.24, 2.45) is 5.92 Å². The quantitative estimate of drug-likeness (QED) is 0.768. The molecule has 0 N–H and O–H groups in total. The summed E-state index contributed by atoms with van der Waals surface area (Å²) in [6.07, 6.45) is -0.147. The number of nitrogens with zero attached hydrogens (tertiary/aromatic N) is 1. The van der Waals surface area contributed by atoms with Gasteiger partial charge in [-0.3, -0.25) is 0 Å². The fourth-order valence-electron chi connectivity index (χ4n) is 1.87. The highest BCUT2D eigenvalue weighted by atomic mass is 19.1. The zero-order valence-corrected chi connectivity index (χ0v) is 10.1. The molecule has 1 saturated heterocycles. The summed E-state index contributed by atoms with van der Waals surface area (Å²) >= 11 is 0. The van der Waals surface area contributed by atoms with Gasteiger partial charge in [-0.05, 0) is 5.56 Å². The highest BCUT2D eigenvalue weighted by molar-refractivity contribution is 5.68. The largest absolute Gasteiger partial charge is 0.445 e. The molecular formula is C14H16FNO2. The summed E-state index contributed by atoms with van der Waals surface area (Å²) in [6, 6.07) is 9.46. The van der Waals surface area contributed by atoms with Crippen molar-refractivity contribution in [2.75, 3.05) is 13.1 Å². The molecule has 1 amide bonds. The van der Waals surface area contributed by atoms with Gasteiger partial charge in [-0.25, -0.2) is 9.18 Å². The van der Waals surface area contributed by atoms with Gasteiger partial charge < -0.3 is 9.64 Å². The van der Waals surface area contributed by atoms with Crippen LogP contribution in [0.2, 0.25) is 0 Å². The highest BCUT2D eigenvalue weighted by Crippen LogP contribution is 2.23. The van der Waals surface area contributed by atoms with Crippen LogP contribution in [0.5, 0.6) is 0 Å². The van der Waals surface area contributed by atoms with Gasteiger partial charge in [0.25, 0.3) is 0 Å². The molecule has 0 bridgehead atoms. The summed E-state index contributed by atoms with van der Waals surface area (Å²) in [5.74, 6) is -0.133. The fraction of sp³-hybridized carbons (Fsp3) is 0.357. The van der Waals surface area contributed by atoms with E-state index in [0.717, 1.165) is 5.56 Å². The average Bonchev–Trinajstić information content (AvgIpc) is 2.35. The third-order valence-electron chi connectivity index (χ3n) is 3.05. The van der Waals surface area contributed by atoms with Crippen LogP contribution in [0.1, 0.15) is 5.56 Å². The third-order valence-corrected chi connectivity index (χ3v) is 3.05. The van der Waals surface area contributed by atoms with E-state index in [1.165, 1.54) is 11.0 Å².